The summed E-state index contributed by atoms with van der Waals surface area (Å²) in [5, 5.41) is 13.6. The molecule has 0 aromatic rings. The summed E-state index contributed by atoms with van der Waals surface area (Å²) in [6.45, 7) is 0. The van der Waals surface area contributed by atoms with Gasteiger partial charge in [0.05, 0.1) is 0 Å². The number of hydrogen-bond acceptors (Lipinski definition) is 2. The molecule has 0 aromatic heterocycles. The Hall–Kier alpha value is 1.60. The van der Waals surface area contributed by atoms with Crippen LogP contribution in [0.4, 0.5) is 0 Å². The van der Waals surface area contributed by atoms with E-state index in [1.165, 1.54) is 0 Å². The van der Waals surface area contributed by atoms with Crippen molar-refractivity contribution in [3.05, 3.63) is 10.1 Å². The van der Waals surface area contributed by atoms with E-state index in [1.807, 2.05) is 0 Å². The fourth-order valence-corrected chi connectivity index (χ4v) is 0. The van der Waals surface area contributed by atoms with Crippen LogP contribution in [0.15, 0.2) is 0 Å². The third-order valence-corrected chi connectivity index (χ3v) is 0. The minimum atomic E-state index is -1.72. The molecule has 9 heteroatoms. The van der Waals surface area contributed by atoms with Crippen LogP contribution in [0.25, 0.3) is 0 Å². The second-order valence-corrected chi connectivity index (χ2v) is 6.92. The molecule has 0 aliphatic carbocycles. The third-order valence-electron chi connectivity index (χ3n) is 0. The molecule has 0 amide bonds. The van der Waals surface area contributed by atoms with Gasteiger partial charge in [-0.25, -0.2) is 30.1 Å². The second-order valence-electron chi connectivity index (χ2n) is 0.485. The van der Waals surface area contributed by atoms with Gasteiger partial charge in [-0.1, -0.05) is 0 Å². The summed E-state index contributed by atoms with van der Waals surface area (Å²) in [7, 11) is 14.8. The van der Waals surface area contributed by atoms with Crippen molar-refractivity contribution in [2.75, 3.05) is 0 Å². The number of rotatable bonds is 0. The maximum absolute atomic E-state index is 8.36. The number of nitrogens with zero attached hydrogens (tertiary/aromatic N) is 1. The predicted molar refractivity (Wildman–Crippen MR) is 39.2 cm³/mol. The van der Waals surface area contributed by atoms with E-state index in [1.54, 1.807) is 0 Å². The Bertz CT molecular complexity index is 63.3. The van der Waals surface area contributed by atoms with Gasteiger partial charge in [-0.05, 0) is 0 Å². The monoisotopic (exact) mass is 219 g/mol. The molecule has 0 atom stereocenters. The Balaban J connectivity index is -0.0000000720. The predicted octanol–water partition coefficient (Wildman–Crippen LogP) is 0.691. The van der Waals surface area contributed by atoms with Crippen LogP contribution in [0.3, 0.4) is 0 Å². The van der Waals surface area contributed by atoms with Gasteiger partial charge in [-0.15, -0.1) is 10.1 Å². The van der Waals surface area contributed by atoms with Crippen LogP contribution >= 0.6 is 30.1 Å². The van der Waals surface area contributed by atoms with Crippen molar-refractivity contribution < 1.29 is 10.3 Å². The van der Waals surface area contributed by atoms with Crippen LogP contribution in [0.1, 0.15) is 0 Å². The summed E-state index contributed by atoms with van der Waals surface area (Å²) in [5.74, 6) is 0. The van der Waals surface area contributed by atoms with Gasteiger partial charge in [0.1, 0.15) is 0 Å². The van der Waals surface area contributed by atoms with Crippen molar-refractivity contribution in [3.63, 3.8) is 0 Å². The van der Waals surface area contributed by atoms with Crippen molar-refractivity contribution in [2.45, 2.75) is 0 Å². The first-order valence-corrected chi connectivity index (χ1v) is 6.46. The average molecular weight is 220 g/mol. The van der Waals surface area contributed by atoms with Gasteiger partial charge in [0.2, 0.25) is 0 Å². The quantitative estimate of drug-likeness (QED) is 0.371. The van der Waals surface area contributed by atoms with E-state index in [9.17, 15) is 0 Å². The molecule has 0 saturated heterocycles. The van der Waals surface area contributed by atoms with Crippen LogP contribution in [0.5, 0.6) is 0 Å². The summed E-state index contributed by atoms with van der Waals surface area (Å²) in [6, 6.07) is 0. The SMILES string of the molecule is O=[N+]([O-])O.[Cl][Al]([Cl])[Cl].[NaH]. The Labute approximate surface area is 90.5 Å². The summed E-state index contributed by atoms with van der Waals surface area (Å²) >= 11 is -1.72. The molecule has 9 heavy (non-hydrogen) atoms. The number of halogens is 3. The van der Waals surface area contributed by atoms with Gasteiger partial charge >= 0.3 is 40.9 Å². The minimum absolute atomic E-state index is 0. The fraction of sp³-hybridized carbons (Fsp3) is 0. The topological polar surface area (TPSA) is 63.4 Å². The summed E-state index contributed by atoms with van der Waals surface area (Å²) < 4.78 is 0. The van der Waals surface area contributed by atoms with E-state index >= 15 is 0 Å². The summed E-state index contributed by atoms with van der Waals surface area (Å²) in [4.78, 5) is 8.36. The van der Waals surface area contributed by atoms with Crippen LogP contribution in [0.2, 0.25) is 0 Å². The standard InChI is InChI=1S/Al.3ClH.HNO3.Na.H/c;;;;2-1(3)4;;/h;3*1H;(H,2,3,4);;/q+3;;;;;;/p-3. The molecule has 0 heterocycles. The van der Waals surface area contributed by atoms with E-state index in [0.29, 0.717) is 0 Å². The molecule has 50 valence electrons. The van der Waals surface area contributed by atoms with Gasteiger partial charge in [-0.2, -0.15) is 0 Å². The van der Waals surface area contributed by atoms with Gasteiger partial charge in [-0.3, -0.25) is 0 Å². The molecule has 0 rings (SSSR count). The molecule has 0 unspecified atom stereocenters. The Morgan fingerprint density at radius 2 is 1.44 bits per heavy atom. The summed E-state index contributed by atoms with van der Waals surface area (Å²) in [5.41, 5.74) is 0. The molecule has 0 saturated carbocycles. The zero-order valence-electron chi connectivity index (χ0n) is 3.42. The summed E-state index contributed by atoms with van der Waals surface area (Å²) in [6.07, 6.45) is 0. The average Bonchev–Trinajstić information content (AvgIpc) is 1.25. The van der Waals surface area contributed by atoms with E-state index in [2.05, 4.69) is 0 Å². The molecule has 0 radical (unpaired) electrons. The molecular formula is H2AlCl3NNaO3. The van der Waals surface area contributed by atoms with Crippen molar-refractivity contribution >= 4 is 71.1 Å². The molecule has 0 spiro atoms. The molecule has 0 aliphatic rings. The van der Waals surface area contributed by atoms with Crippen molar-refractivity contribution in [3.8, 4) is 0 Å². The van der Waals surface area contributed by atoms with Crippen molar-refractivity contribution in [1.29, 1.82) is 0 Å². The van der Waals surface area contributed by atoms with Crippen molar-refractivity contribution in [2.24, 2.45) is 0 Å². The number of hydrogen-bond donors (Lipinski definition) is 1. The van der Waals surface area contributed by atoms with E-state index in [4.69, 9.17) is 45.5 Å². The Kier molecular flexibility index (Phi) is 23.1. The van der Waals surface area contributed by atoms with Crippen LogP contribution in [-0.2, 0) is 0 Å². The van der Waals surface area contributed by atoms with Gasteiger partial charge in [0, 0.05) is 0 Å². The van der Waals surface area contributed by atoms with E-state index in [-0.39, 0.29) is 29.6 Å². The first-order chi connectivity index (χ1) is 3.46. The van der Waals surface area contributed by atoms with Crippen LogP contribution < -0.4 is 0 Å². The molecule has 0 fully saturated rings. The molecular weight excluding hydrogens is 218 g/mol. The molecule has 4 nitrogen and oxygen atoms in total. The molecule has 0 bridgehead atoms. The van der Waals surface area contributed by atoms with Crippen LogP contribution in [-0.4, -0.2) is 51.2 Å². The zero-order chi connectivity index (χ0) is 7.15. The Morgan fingerprint density at radius 3 is 1.44 bits per heavy atom. The maximum atomic E-state index is 8.36. The van der Waals surface area contributed by atoms with Crippen LogP contribution in [0, 0.1) is 10.1 Å². The van der Waals surface area contributed by atoms with E-state index < -0.39 is 16.5 Å². The normalized spacial score (nSPS) is 5.67. The third kappa shape index (κ3) is 216. The van der Waals surface area contributed by atoms with E-state index in [0.717, 1.165) is 0 Å². The second kappa shape index (κ2) is 12.3. The van der Waals surface area contributed by atoms with Gasteiger partial charge in [0.15, 0.2) is 0 Å². The van der Waals surface area contributed by atoms with Gasteiger partial charge in [0.25, 0.3) is 5.09 Å². The van der Waals surface area contributed by atoms with Crippen molar-refractivity contribution in [1.82, 2.24) is 0 Å². The van der Waals surface area contributed by atoms with Gasteiger partial charge < -0.3 is 5.21 Å². The Morgan fingerprint density at radius 1 is 1.44 bits per heavy atom. The molecule has 1 N–H and O–H groups in total. The fourth-order valence-electron chi connectivity index (χ4n) is 0. The molecule has 0 aromatic carbocycles. The first-order valence-electron chi connectivity index (χ1n) is 1.22. The molecule has 0 aliphatic heterocycles. The first kappa shape index (κ1) is 16.9. The zero-order valence-corrected chi connectivity index (χ0v) is 6.84.